The fourth-order valence-electron chi connectivity index (χ4n) is 3.46. The van der Waals surface area contributed by atoms with Crippen molar-refractivity contribution in [2.75, 3.05) is 33.2 Å². The van der Waals surface area contributed by atoms with Crippen LogP contribution in [-0.2, 0) is 0 Å². The van der Waals surface area contributed by atoms with Crippen molar-refractivity contribution in [1.29, 1.82) is 0 Å². The highest BCUT2D eigenvalue weighted by molar-refractivity contribution is 5.07. The first-order chi connectivity index (χ1) is 8.40. The molecule has 18 heavy (non-hydrogen) atoms. The lowest BCUT2D eigenvalue weighted by molar-refractivity contribution is 0.0387. The van der Waals surface area contributed by atoms with Crippen LogP contribution in [0.4, 0.5) is 0 Å². The second-order valence-electron chi connectivity index (χ2n) is 6.68. The zero-order valence-electron chi connectivity index (χ0n) is 12.3. The molecule has 0 aromatic carbocycles. The number of allylic oxidation sites excluding steroid dienone is 1. The highest BCUT2D eigenvalue weighted by Crippen LogP contribution is 2.36. The van der Waals surface area contributed by atoms with E-state index in [0.717, 1.165) is 19.5 Å². The maximum Gasteiger partial charge on any atom is 0.0284 e. The molecule has 2 aliphatic rings. The maximum absolute atomic E-state index is 6.56. The largest absolute Gasteiger partial charge is 0.324 e. The van der Waals surface area contributed by atoms with E-state index in [2.05, 4.69) is 37.3 Å². The number of hydrogen-bond acceptors (Lipinski definition) is 3. The molecule has 1 aliphatic heterocycles. The Morgan fingerprint density at radius 2 is 1.89 bits per heavy atom. The van der Waals surface area contributed by atoms with Crippen LogP contribution >= 0.6 is 0 Å². The molecule has 104 valence electrons. The first-order valence-electron chi connectivity index (χ1n) is 7.27. The molecule has 1 aliphatic carbocycles. The van der Waals surface area contributed by atoms with Crippen LogP contribution in [0, 0.1) is 5.92 Å². The van der Waals surface area contributed by atoms with Crippen molar-refractivity contribution in [1.82, 2.24) is 9.80 Å². The Morgan fingerprint density at radius 3 is 2.44 bits per heavy atom. The summed E-state index contributed by atoms with van der Waals surface area (Å²) < 4.78 is 0. The quantitative estimate of drug-likeness (QED) is 0.758. The molecular weight excluding hydrogens is 222 g/mol. The van der Waals surface area contributed by atoms with E-state index in [1.807, 2.05) is 0 Å². The van der Waals surface area contributed by atoms with Gasteiger partial charge in [-0.2, -0.15) is 0 Å². The third-order valence-electron chi connectivity index (χ3n) is 4.98. The number of nitrogens with zero attached hydrogens (tertiary/aromatic N) is 2. The van der Waals surface area contributed by atoms with Crippen LogP contribution in [0.2, 0.25) is 0 Å². The topological polar surface area (TPSA) is 32.5 Å². The lowest BCUT2D eigenvalue weighted by atomic mass is 9.71. The molecule has 0 aromatic heterocycles. The van der Waals surface area contributed by atoms with E-state index in [1.54, 1.807) is 0 Å². The summed E-state index contributed by atoms with van der Waals surface area (Å²) in [7, 11) is 2.20. The predicted molar refractivity (Wildman–Crippen MR) is 77.6 cm³/mol. The van der Waals surface area contributed by atoms with E-state index in [1.165, 1.54) is 31.5 Å². The Hall–Kier alpha value is -0.380. The molecule has 0 unspecified atom stereocenters. The van der Waals surface area contributed by atoms with Gasteiger partial charge in [0, 0.05) is 37.8 Å². The van der Waals surface area contributed by atoms with Gasteiger partial charge in [-0.3, -0.25) is 4.90 Å². The number of nitrogens with two attached hydrogens (primary N) is 1. The minimum Gasteiger partial charge on any atom is -0.324 e. The smallest absolute Gasteiger partial charge is 0.0284 e. The molecule has 3 heteroatoms. The number of likely N-dealkylation sites (N-methyl/N-ethyl adjacent to an activating group) is 1. The summed E-state index contributed by atoms with van der Waals surface area (Å²) in [5.74, 6) is 0.672. The maximum atomic E-state index is 6.56. The third-order valence-corrected chi connectivity index (χ3v) is 4.98. The summed E-state index contributed by atoms with van der Waals surface area (Å²) >= 11 is 0. The summed E-state index contributed by atoms with van der Waals surface area (Å²) in [5, 5.41) is 0. The van der Waals surface area contributed by atoms with Crippen LogP contribution in [-0.4, -0.2) is 54.6 Å². The van der Waals surface area contributed by atoms with Crippen molar-refractivity contribution >= 4 is 0 Å². The van der Waals surface area contributed by atoms with Gasteiger partial charge >= 0.3 is 0 Å². The molecule has 0 spiro atoms. The van der Waals surface area contributed by atoms with Crippen molar-refractivity contribution in [2.45, 2.75) is 44.7 Å². The van der Waals surface area contributed by atoms with Crippen LogP contribution in [0.1, 0.15) is 33.1 Å². The molecule has 1 heterocycles. The van der Waals surface area contributed by atoms with Gasteiger partial charge in [0.25, 0.3) is 0 Å². The van der Waals surface area contributed by atoms with E-state index in [4.69, 9.17) is 5.73 Å². The van der Waals surface area contributed by atoms with Crippen molar-refractivity contribution in [3.8, 4) is 0 Å². The van der Waals surface area contributed by atoms with Gasteiger partial charge in [0.15, 0.2) is 0 Å². The minimum atomic E-state index is -0.0259. The Labute approximate surface area is 112 Å². The van der Waals surface area contributed by atoms with Crippen LogP contribution in [0.25, 0.3) is 0 Å². The zero-order valence-corrected chi connectivity index (χ0v) is 12.3. The van der Waals surface area contributed by atoms with E-state index < -0.39 is 0 Å². The molecular formula is C15H29N3. The van der Waals surface area contributed by atoms with Crippen molar-refractivity contribution in [3.05, 3.63) is 12.2 Å². The average Bonchev–Trinajstić information content (AvgIpc) is 2.30. The Kier molecular flexibility index (Phi) is 4.15. The van der Waals surface area contributed by atoms with Gasteiger partial charge in [-0.1, -0.05) is 12.2 Å². The van der Waals surface area contributed by atoms with Crippen molar-refractivity contribution in [3.63, 3.8) is 0 Å². The second-order valence-corrected chi connectivity index (χ2v) is 6.68. The van der Waals surface area contributed by atoms with E-state index in [-0.39, 0.29) is 5.54 Å². The van der Waals surface area contributed by atoms with Gasteiger partial charge in [-0.15, -0.1) is 0 Å². The van der Waals surface area contributed by atoms with Gasteiger partial charge < -0.3 is 10.6 Å². The Morgan fingerprint density at radius 1 is 1.28 bits per heavy atom. The molecule has 0 amide bonds. The van der Waals surface area contributed by atoms with Crippen LogP contribution < -0.4 is 5.73 Å². The molecule has 2 N–H and O–H groups in total. The summed E-state index contributed by atoms with van der Waals surface area (Å²) in [6, 6.07) is 0.529. The van der Waals surface area contributed by atoms with Gasteiger partial charge in [0.2, 0.25) is 0 Å². The lowest BCUT2D eigenvalue weighted by Gasteiger charge is -2.49. The summed E-state index contributed by atoms with van der Waals surface area (Å²) in [4.78, 5) is 5.03. The van der Waals surface area contributed by atoms with Crippen LogP contribution in [0.5, 0.6) is 0 Å². The molecule has 0 radical (unpaired) electrons. The van der Waals surface area contributed by atoms with Crippen molar-refractivity contribution < 1.29 is 0 Å². The molecule has 2 fully saturated rings. The van der Waals surface area contributed by atoms with Gasteiger partial charge in [0.05, 0.1) is 0 Å². The molecule has 2 rings (SSSR count). The first kappa shape index (κ1) is 14.0. The number of hydrogen-bond donors (Lipinski definition) is 1. The fraction of sp³-hybridized carbons (Fsp3) is 0.867. The standard InChI is InChI=1S/C15H29N3/c1-12(2)13-5-6-15(3,16)14(11-13)18-9-7-17(4)8-10-18/h13-14H,1,5-11,16H2,2-4H3/t13-,14+,15+/m0/s1. The van der Waals surface area contributed by atoms with Gasteiger partial charge in [0.1, 0.15) is 0 Å². The molecule has 3 atom stereocenters. The Balaban J connectivity index is 2.04. The van der Waals surface area contributed by atoms with Crippen molar-refractivity contribution in [2.24, 2.45) is 11.7 Å². The zero-order chi connectivity index (χ0) is 13.3. The van der Waals surface area contributed by atoms with E-state index in [9.17, 15) is 0 Å². The Bertz CT molecular complexity index is 303. The minimum absolute atomic E-state index is 0.0259. The molecule has 1 saturated heterocycles. The molecule has 3 nitrogen and oxygen atoms in total. The first-order valence-corrected chi connectivity index (χ1v) is 7.27. The van der Waals surface area contributed by atoms with Gasteiger partial charge in [-0.05, 0) is 46.1 Å². The molecule has 1 saturated carbocycles. The van der Waals surface area contributed by atoms with Gasteiger partial charge in [-0.25, -0.2) is 0 Å². The summed E-state index contributed by atoms with van der Waals surface area (Å²) in [5.41, 5.74) is 7.88. The highest BCUT2D eigenvalue weighted by Gasteiger charge is 2.40. The number of rotatable bonds is 2. The predicted octanol–water partition coefficient (Wildman–Crippen LogP) is 1.70. The SMILES string of the molecule is C=C(C)[C@H]1CC[C@@](C)(N)[C@H](N2CCN(C)CC2)C1. The molecule has 0 bridgehead atoms. The van der Waals surface area contributed by atoms with Crippen LogP contribution in [0.3, 0.4) is 0 Å². The van der Waals surface area contributed by atoms with E-state index in [0.29, 0.717) is 12.0 Å². The lowest BCUT2D eigenvalue weighted by Crippen LogP contribution is -2.62. The molecule has 0 aromatic rings. The fourth-order valence-corrected chi connectivity index (χ4v) is 3.46. The van der Waals surface area contributed by atoms with E-state index >= 15 is 0 Å². The number of piperazine rings is 1. The summed E-state index contributed by atoms with van der Waals surface area (Å²) in [6.07, 6.45) is 3.54. The average molecular weight is 251 g/mol. The monoisotopic (exact) mass is 251 g/mol. The van der Waals surface area contributed by atoms with Crippen LogP contribution in [0.15, 0.2) is 12.2 Å². The summed E-state index contributed by atoms with van der Waals surface area (Å²) in [6.45, 7) is 13.2. The third kappa shape index (κ3) is 2.95. The highest BCUT2D eigenvalue weighted by atomic mass is 15.3. The normalized spacial score (nSPS) is 39.8. The second kappa shape index (κ2) is 5.32.